The molecule has 0 saturated carbocycles. The number of anilines is 1. The van der Waals surface area contributed by atoms with Gasteiger partial charge in [0.25, 0.3) is 5.91 Å². The molecule has 2 N–H and O–H groups in total. The Kier molecular flexibility index (Phi) is 6.12. The van der Waals surface area contributed by atoms with Crippen LogP contribution in [0.25, 0.3) is 11.8 Å². The fourth-order valence-electron chi connectivity index (χ4n) is 3.00. The van der Waals surface area contributed by atoms with Crippen molar-refractivity contribution >= 4 is 45.2 Å². The number of hydrogen-bond donors (Lipinski definition) is 2. The number of phenolic OH excluding ortho intramolecular Hbond substituents is 1. The Bertz CT molecular complexity index is 1160. The highest BCUT2D eigenvalue weighted by molar-refractivity contribution is 9.10. The number of hydrogen-bond acceptors (Lipinski definition) is 3. The van der Waals surface area contributed by atoms with E-state index in [-0.39, 0.29) is 11.3 Å². The van der Waals surface area contributed by atoms with Crippen LogP contribution in [0, 0.1) is 25.2 Å². The van der Waals surface area contributed by atoms with Crippen LogP contribution in [0.1, 0.15) is 17.0 Å². The van der Waals surface area contributed by atoms with Crippen molar-refractivity contribution in [2.45, 2.75) is 13.8 Å². The first-order valence-corrected chi connectivity index (χ1v) is 9.84. The van der Waals surface area contributed by atoms with E-state index in [9.17, 15) is 15.2 Å². The molecule has 3 rings (SSSR count). The van der Waals surface area contributed by atoms with Crippen molar-refractivity contribution in [3.05, 3.63) is 80.6 Å². The Balaban J connectivity index is 1.94. The Morgan fingerprint density at radius 1 is 1.21 bits per heavy atom. The van der Waals surface area contributed by atoms with Gasteiger partial charge in [-0.25, -0.2) is 0 Å². The van der Waals surface area contributed by atoms with E-state index in [4.69, 9.17) is 11.6 Å². The second-order valence-corrected chi connectivity index (χ2v) is 7.69. The Morgan fingerprint density at radius 3 is 2.52 bits per heavy atom. The molecule has 5 nitrogen and oxygen atoms in total. The van der Waals surface area contributed by atoms with Crippen LogP contribution in [0.4, 0.5) is 5.69 Å². The number of aryl methyl sites for hydroxylation is 1. The number of phenols is 1. The van der Waals surface area contributed by atoms with Gasteiger partial charge in [-0.3, -0.25) is 4.79 Å². The molecule has 0 aliphatic carbocycles. The van der Waals surface area contributed by atoms with E-state index in [0.717, 1.165) is 27.1 Å². The summed E-state index contributed by atoms with van der Waals surface area (Å²) in [4.78, 5) is 12.5. The van der Waals surface area contributed by atoms with Gasteiger partial charge in [0.05, 0.1) is 5.02 Å². The first-order chi connectivity index (χ1) is 13.8. The average molecular weight is 471 g/mol. The van der Waals surface area contributed by atoms with E-state index in [1.165, 1.54) is 12.1 Å². The van der Waals surface area contributed by atoms with Gasteiger partial charge >= 0.3 is 0 Å². The summed E-state index contributed by atoms with van der Waals surface area (Å²) in [5, 5.41) is 22.1. The van der Waals surface area contributed by atoms with E-state index in [2.05, 4.69) is 21.2 Å². The predicted octanol–water partition coefficient (Wildman–Crippen LogP) is 5.76. The number of carbonyl (C=O) groups excluding carboxylic acids is 1. The van der Waals surface area contributed by atoms with Crippen LogP contribution in [0.15, 0.2) is 58.6 Å². The predicted molar refractivity (Wildman–Crippen MR) is 118 cm³/mol. The maximum absolute atomic E-state index is 12.5. The van der Waals surface area contributed by atoms with Crippen molar-refractivity contribution in [3.63, 3.8) is 0 Å². The zero-order chi connectivity index (χ0) is 21.1. The van der Waals surface area contributed by atoms with Crippen molar-refractivity contribution in [1.29, 1.82) is 5.26 Å². The molecule has 1 amide bonds. The average Bonchev–Trinajstić information content (AvgIpc) is 2.97. The Labute approximate surface area is 182 Å². The van der Waals surface area contributed by atoms with Crippen LogP contribution < -0.4 is 5.32 Å². The van der Waals surface area contributed by atoms with Gasteiger partial charge in [-0.2, -0.15) is 5.26 Å². The number of aromatic hydroxyl groups is 1. The van der Waals surface area contributed by atoms with Gasteiger partial charge in [0.15, 0.2) is 0 Å². The van der Waals surface area contributed by atoms with Crippen LogP contribution in [0.5, 0.6) is 5.75 Å². The number of nitriles is 1. The highest BCUT2D eigenvalue weighted by atomic mass is 79.9. The third-order valence-electron chi connectivity index (χ3n) is 4.42. The number of aromatic nitrogens is 1. The molecular formula is C22H17BrClN3O2. The number of halogens is 2. The molecule has 1 heterocycles. The van der Waals surface area contributed by atoms with Crippen molar-refractivity contribution < 1.29 is 9.90 Å². The molecule has 0 aliphatic heterocycles. The van der Waals surface area contributed by atoms with Crippen molar-refractivity contribution in [1.82, 2.24) is 4.57 Å². The van der Waals surface area contributed by atoms with Crippen molar-refractivity contribution in [2.24, 2.45) is 0 Å². The zero-order valence-corrected chi connectivity index (χ0v) is 18.0. The van der Waals surface area contributed by atoms with Gasteiger partial charge in [0.1, 0.15) is 17.4 Å². The van der Waals surface area contributed by atoms with E-state index >= 15 is 0 Å². The van der Waals surface area contributed by atoms with Crippen LogP contribution >= 0.6 is 27.5 Å². The Morgan fingerprint density at radius 2 is 1.90 bits per heavy atom. The SMILES string of the molecule is Cc1cc(/C=C(/C#N)C(=O)Nc2ccc(O)cc2)c(C)n1-c1ccc(Br)c(Cl)c1. The first kappa shape index (κ1) is 20.7. The van der Waals surface area contributed by atoms with Crippen LogP contribution in [-0.2, 0) is 4.79 Å². The quantitative estimate of drug-likeness (QED) is 0.289. The van der Waals surface area contributed by atoms with Crippen LogP contribution in [0.2, 0.25) is 5.02 Å². The number of carbonyl (C=O) groups is 1. The van der Waals surface area contributed by atoms with E-state index in [0.29, 0.717) is 10.7 Å². The smallest absolute Gasteiger partial charge is 0.266 e. The molecule has 3 aromatic rings. The zero-order valence-electron chi connectivity index (χ0n) is 15.7. The number of amides is 1. The van der Waals surface area contributed by atoms with Gasteiger partial charge in [0.2, 0.25) is 0 Å². The van der Waals surface area contributed by atoms with Gasteiger partial charge in [0, 0.05) is 27.2 Å². The molecule has 0 fully saturated rings. The van der Waals surface area contributed by atoms with Gasteiger partial charge in [-0.15, -0.1) is 0 Å². The molecule has 1 aromatic heterocycles. The number of rotatable bonds is 4. The molecule has 29 heavy (non-hydrogen) atoms. The van der Waals surface area contributed by atoms with Crippen LogP contribution in [-0.4, -0.2) is 15.6 Å². The fourth-order valence-corrected chi connectivity index (χ4v) is 3.42. The summed E-state index contributed by atoms with van der Waals surface area (Å²) < 4.78 is 2.82. The molecule has 0 spiro atoms. The highest BCUT2D eigenvalue weighted by Crippen LogP contribution is 2.28. The van der Waals surface area contributed by atoms with Crippen LogP contribution in [0.3, 0.4) is 0 Å². The lowest BCUT2D eigenvalue weighted by Crippen LogP contribution is -2.13. The molecule has 0 bridgehead atoms. The first-order valence-electron chi connectivity index (χ1n) is 8.66. The normalized spacial score (nSPS) is 11.2. The lowest BCUT2D eigenvalue weighted by molar-refractivity contribution is -0.112. The molecule has 2 aromatic carbocycles. The van der Waals surface area contributed by atoms with Crippen molar-refractivity contribution in [2.75, 3.05) is 5.32 Å². The van der Waals surface area contributed by atoms with E-state index < -0.39 is 5.91 Å². The fraction of sp³-hybridized carbons (Fsp3) is 0.0909. The number of nitrogens with one attached hydrogen (secondary N) is 1. The third-order valence-corrected chi connectivity index (χ3v) is 5.65. The third kappa shape index (κ3) is 4.53. The summed E-state index contributed by atoms with van der Waals surface area (Å²) in [5.41, 5.74) is 3.95. The summed E-state index contributed by atoms with van der Waals surface area (Å²) in [6, 6.07) is 15.6. The minimum atomic E-state index is -0.519. The summed E-state index contributed by atoms with van der Waals surface area (Å²) in [6.07, 6.45) is 1.56. The summed E-state index contributed by atoms with van der Waals surface area (Å²) >= 11 is 9.61. The highest BCUT2D eigenvalue weighted by Gasteiger charge is 2.14. The molecule has 7 heteroatoms. The molecule has 0 atom stereocenters. The maximum atomic E-state index is 12.5. The molecule has 0 saturated heterocycles. The molecule has 146 valence electrons. The lowest BCUT2D eigenvalue weighted by Gasteiger charge is -2.11. The van der Waals surface area contributed by atoms with E-state index in [1.807, 2.05) is 48.7 Å². The monoisotopic (exact) mass is 469 g/mol. The van der Waals surface area contributed by atoms with E-state index in [1.54, 1.807) is 18.2 Å². The van der Waals surface area contributed by atoms with Gasteiger partial charge in [-0.1, -0.05) is 11.6 Å². The minimum absolute atomic E-state index is 0.0211. The largest absolute Gasteiger partial charge is 0.508 e. The summed E-state index contributed by atoms with van der Waals surface area (Å²) in [6.45, 7) is 3.87. The lowest BCUT2D eigenvalue weighted by atomic mass is 10.1. The van der Waals surface area contributed by atoms with Gasteiger partial charge < -0.3 is 15.0 Å². The van der Waals surface area contributed by atoms with Crippen molar-refractivity contribution in [3.8, 4) is 17.5 Å². The topological polar surface area (TPSA) is 78.1 Å². The second kappa shape index (κ2) is 8.56. The molecule has 0 aliphatic rings. The minimum Gasteiger partial charge on any atom is -0.508 e. The Hall–Kier alpha value is -3.01. The molecular weight excluding hydrogens is 454 g/mol. The standard InChI is InChI=1S/C22H17BrClN3O2/c1-13-9-15(14(2)27(13)18-5-8-20(23)21(24)11-18)10-16(12-25)22(29)26-17-3-6-19(28)7-4-17/h3-11,28H,1-2H3,(H,26,29)/b16-10-. The number of nitrogens with zero attached hydrogens (tertiary/aromatic N) is 2. The number of benzene rings is 2. The molecule has 0 radical (unpaired) electrons. The van der Waals surface area contributed by atoms with Gasteiger partial charge in [-0.05, 0) is 89.9 Å². The summed E-state index contributed by atoms with van der Waals surface area (Å²) in [5.74, 6) is -0.422. The molecule has 0 unspecified atom stereocenters. The maximum Gasteiger partial charge on any atom is 0.266 e. The second-order valence-electron chi connectivity index (χ2n) is 6.43. The summed E-state index contributed by atoms with van der Waals surface area (Å²) in [7, 11) is 0.